The predicted octanol–water partition coefficient (Wildman–Crippen LogP) is 1.58. The lowest BCUT2D eigenvalue weighted by molar-refractivity contribution is -0.0631. The molecular formula is C12H17NO3. The lowest BCUT2D eigenvalue weighted by Gasteiger charge is -2.28. The molecule has 4 nitrogen and oxygen atoms in total. The van der Waals surface area contributed by atoms with Crippen LogP contribution >= 0.6 is 0 Å². The van der Waals surface area contributed by atoms with Crippen LogP contribution in [0.25, 0.3) is 0 Å². The minimum absolute atomic E-state index is 0.110. The fourth-order valence-electron chi connectivity index (χ4n) is 2.03. The van der Waals surface area contributed by atoms with Gasteiger partial charge in [-0.05, 0) is 37.5 Å². The van der Waals surface area contributed by atoms with Crippen LogP contribution < -0.4 is 5.73 Å². The number of nitrogens with two attached hydrogens (primary N) is 1. The summed E-state index contributed by atoms with van der Waals surface area (Å²) in [5.74, 6) is 0.110. The van der Waals surface area contributed by atoms with Gasteiger partial charge in [-0.3, -0.25) is 0 Å². The Kier molecular flexibility index (Phi) is 3.31. The Bertz CT molecular complexity index is 361. The van der Waals surface area contributed by atoms with Gasteiger partial charge in [-0.15, -0.1) is 0 Å². The molecule has 1 aromatic rings. The maximum absolute atomic E-state index is 10.1. The number of phenolic OH excluding ortho intramolecular Hbond substituents is 1. The zero-order valence-corrected chi connectivity index (χ0v) is 9.10. The lowest BCUT2D eigenvalue weighted by Crippen LogP contribution is -2.26. The number of rotatable bonds is 2. The zero-order valence-electron chi connectivity index (χ0n) is 9.10. The number of hydrogen-bond donors (Lipinski definition) is 3. The van der Waals surface area contributed by atoms with Crippen molar-refractivity contribution in [3.8, 4) is 5.75 Å². The third-order valence-electron chi connectivity index (χ3n) is 2.96. The number of nitrogen functional groups attached to an aromatic ring is 1. The average Bonchev–Trinajstić information content (AvgIpc) is 2.32. The number of benzene rings is 1. The Hall–Kier alpha value is -1.26. The van der Waals surface area contributed by atoms with Crippen molar-refractivity contribution >= 4 is 5.69 Å². The molecule has 1 fully saturated rings. The lowest BCUT2D eigenvalue weighted by atomic mass is 9.97. The van der Waals surface area contributed by atoms with E-state index in [9.17, 15) is 10.2 Å². The van der Waals surface area contributed by atoms with E-state index in [0.29, 0.717) is 17.9 Å². The minimum atomic E-state index is -0.757. The van der Waals surface area contributed by atoms with Gasteiger partial charge in [0.25, 0.3) is 0 Å². The van der Waals surface area contributed by atoms with Crippen LogP contribution in [0, 0.1) is 0 Å². The number of anilines is 1. The Morgan fingerprint density at radius 3 is 2.88 bits per heavy atom. The standard InChI is InChI=1S/C12H17NO3/c13-10-5-4-8(14)7-9(10)12(15)11-3-1-2-6-16-11/h4-5,7,11-12,14-15H,1-3,6,13H2. The second kappa shape index (κ2) is 4.72. The van der Waals surface area contributed by atoms with Crippen LogP contribution in [0.2, 0.25) is 0 Å². The number of phenols is 1. The Morgan fingerprint density at radius 1 is 1.38 bits per heavy atom. The summed E-state index contributed by atoms with van der Waals surface area (Å²) in [5.41, 5.74) is 6.80. The van der Waals surface area contributed by atoms with Crippen LogP contribution in [0.3, 0.4) is 0 Å². The highest BCUT2D eigenvalue weighted by molar-refractivity contribution is 5.51. The van der Waals surface area contributed by atoms with E-state index < -0.39 is 6.10 Å². The summed E-state index contributed by atoms with van der Waals surface area (Å²) in [5, 5.41) is 19.5. The third kappa shape index (κ3) is 2.28. The molecule has 0 radical (unpaired) electrons. The van der Waals surface area contributed by atoms with E-state index in [4.69, 9.17) is 10.5 Å². The van der Waals surface area contributed by atoms with Crippen LogP contribution in [0.4, 0.5) is 5.69 Å². The Labute approximate surface area is 94.7 Å². The summed E-state index contributed by atoms with van der Waals surface area (Å²) < 4.78 is 5.50. The topological polar surface area (TPSA) is 75.7 Å². The molecule has 2 rings (SSSR count). The average molecular weight is 223 g/mol. The number of hydrogen-bond acceptors (Lipinski definition) is 4. The zero-order chi connectivity index (χ0) is 11.5. The first kappa shape index (κ1) is 11.2. The molecule has 1 aromatic carbocycles. The van der Waals surface area contributed by atoms with E-state index in [1.54, 1.807) is 6.07 Å². The van der Waals surface area contributed by atoms with Gasteiger partial charge in [0.1, 0.15) is 11.9 Å². The highest BCUT2D eigenvalue weighted by Gasteiger charge is 2.25. The number of aliphatic hydroxyl groups excluding tert-OH is 1. The number of ether oxygens (including phenoxy) is 1. The van der Waals surface area contributed by atoms with Gasteiger partial charge in [0.2, 0.25) is 0 Å². The Morgan fingerprint density at radius 2 is 2.19 bits per heavy atom. The summed E-state index contributed by atoms with van der Waals surface area (Å²) in [6.45, 7) is 0.681. The summed E-state index contributed by atoms with van der Waals surface area (Å²) in [6, 6.07) is 4.60. The molecular weight excluding hydrogens is 206 g/mol. The molecule has 1 saturated heterocycles. The fourth-order valence-corrected chi connectivity index (χ4v) is 2.03. The molecule has 0 bridgehead atoms. The molecule has 0 amide bonds. The minimum Gasteiger partial charge on any atom is -0.508 e. The van der Waals surface area contributed by atoms with Gasteiger partial charge >= 0.3 is 0 Å². The monoisotopic (exact) mass is 223 g/mol. The van der Waals surface area contributed by atoms with Crippen molar-refractivity contribution in [2.45, 2.75) is 31.5 Å². The summed E-state index contributed by atoms with van der Waals surface area (Å²) in [4.78, 5) is 0. The SMILES string of the molecule is Nc1ccc(O)cc1C(O)C1CCCCO1. The van der Waals surface area contributed by atoms with Crippen molar-refractivity contribution in [2.75, 3.05) is 12.3 Å². The molecule has 1 aliphatic rings. The maximum atomic E-state index is 10.1. The van der Waals surface area contributed by atoms with E-state index in [1.807, 2.05) is 0 Å². The van der Waals surface area contributed by atoms with Gasteiger partial charge in [0.05, 0.1) is 6.10 Å². The number of aliphatic hydroxyl groups is 1. The van der Waals surface area contributed by atoms with E-state index in [2.05, 4.69) is 0 Å². The van der Waals surface area contributed by atoms with Crippen molar-refractivity contribution in [3.05, 3.63) is 23.8 Å². The maximum Gasteiger partial charge on any atom is 0.116 e. The molecule has 1 heterocycles. The second-order valence-electron chi connectivity index (χ2n) is 4.16. The highest BCUT2D eigenvalue weighted by Crippen LogP contribution is 2.31. The van der Waals surface area contributed by atoms with Crippen LogP contribution in [0.1, 0.15) is 30.9 Å². The molecule has 0 saturated carbocycles. The van der Waals surface area contributed by atoms with Crippen LogP contribution in [-0.2, 0) is 4.74 Å². The molecule has 2 unspecified atom stereocenters. The van der Waals surface area contributed by atoms with Crippen molar-refractivity contribution in [3.63, 3.8) is 0 Å². The molecule has 1 aliphatic heterocycles. The first-order valence-electron chi connectivity index (χ1n) is 5.56. The molecule has 4 N–H and O–H groups in total. The van der Waals surface area contributed by atoms with Crippen molar-refractivity contribution in [1.82, 2.24) is 0 Å². The molecule has 0 aliphatic carbocycles. The van der Waals surface area contributed by atoms with Crippen molar-refractivity contribution < 1.29 is 14.9 Å². The first-order valence-corrected chi connectivity index (χ1v) is 5.56. The van der Waals surface area contributed by atoms with Crippen LogP contribution in [0.15, 0.2) is 18.2 Å². The fraction of sp³-hybridized carbons (Fsp3) is 0.500. The van der Waals surface area contributed by atoms with Gasteiger partial charge in [-0.2, -0.15) is 0 Å². The van der Waals surface area contributed by atoms with Crippen molar-refractivity contribution in [1.29, 1.82) is 0 Å². The second-order valence-corrected chi connectivity index (χ2v) is 4.16. The van der Waals surface area contributed by atoms with Crippen molar-refractivity contribution in [2.24, 2.45) is 0 Å². The van der Waals surface area contributed by atoms with Gasteiger partial charge < -0.3 is 20.7 Å². The van der Waals surface area contributed by atoms with E-state index in [0.717, 1.165) is 19.3 Å². The molecule has 2 atom stereocenters. The van der Waals surface area contributed by atoms with Crippen LogP contribution in [0.5, 0.6) is 5.75 Å². The first-order chi connectivity index (χ1) is 7.68. The third-order valence-corrected chi connectivity index (χ3v) is 2.96. The quantitative estimate of drug-likeness (QED) is 0.525. The molecule has 4 heteroatoms. The normalized spacial score (nSPS) is 22.9. The van der Waals surface area contributed by atoms with Gasteiger partial charge in [-0.25, -0.2) is 0 Å². The summed E-state index contributed by atoms with van der Waals surface area (Å²) >= 11 is 0. The smallest absolute Gasteiger partial charge is 0.116 e. The Balaban J connectivity index is 2.18. The van der Waals surface area contributed by atoms with E-state index in [1.165, 1.54) is 12.1 Å². The molecule has 16 heavy (non-hydrogen) atoms. The molecule has 0 spiro atoms. The van der Waals surface area contributed by atoms with Crippen LogP contribution in [-0.4, -0.2) is 22.9 Å². The van der Waals surface area contributed by atoms with Gasteiger partial charge in [0.15, 0.2) is 0 Å². The van der Waals surface area contributed by atoms with Gasteiger partial charge in [-0.1, -0.05) is 0 Å². The van der Waals surface area contributed by atoms with Gasteiger partial charge in [0, 0.05) is 17.9 Å². The van der Waals surface area contributed by atoms with E-state index in [-0.39, 0.29) is 11.9 Å². The molecule has 0 aromatic heterocycles. The summed E-state index contributed by atoms with van der Waals surface area (Å²) in [7, 11) is 0. The summed E-state index contributed by atoms with van der Waals surface area (Å²) in [6.07, 6.45) is 1.96. The number of aromatic hydroxyl groups is 1. The molecule has 88 valence electrons. The highest BCUT2D eigenvalue weighted by atomic mass is 16.5. The van der Waals surface area contributed by atoms with E-state index >= 15 is 0 Å². The largest absolute Gasteiger partial charge is 0.508 e. The predicted molar refractivity (Wildman–Crippen MR) is 61.1 cm³/mol.